The number of alkyl halides is 6. The maximum Gasteiger partial charge on any atom is 0.417 e. The van der Waals surface area contributed by atoms with E-state index < -0.39 is 104 Å². The zero-order valence-corrected chi connectivity index (χ0v) is 34.1. The molecule has 0 saturated heterocycles. The molecule has 0 saturated carbocycles. The summed E-state index contributed by atoms with van der Waals surface area (Å²) in [5.74, 6) is -6.89. The van der Waals surface area contributed by atoms with Gasteiger partial charge >= 0.3 is 12.4 Å². The van der Waals surface area contributed by atoms with Gasteiger partial charge < -0.3 is 4.74 Å². The Hall–Kier alpha value is -8.74. The smallest absolute Gasteiger partial charge is 0.417 e. The van der Waals surface area contributed by atoms with Crippen molar-refractivity contribution < 1.29 is 69.4 Å². The van der Waals surface area contributed by atoms with Crippen LogP contribution in [0.1, 0.15) is 94.0 Å². The molecule has 0 aromatic heterocycles. The third kappa shape index (κ3) is 6.33. The number of nitrogens with zero attached hydrogens (tertiary/aromatic N) is 4. The summed E-state index contributed by atoms with van der Waals surface area (Å²) in [4.78, 5) is 107. The molecule has 0 bridgehead atoms. The van der Waals surface area contributed by atoms with Crippen LogP contribution in [0.15, 0.2) is 109 Å². The van der Waals surface area contributed by atoms with Gasteiger partial charge in [-0.25, -0.2) is 9.80 Å². The second-order valence-electron chi connectivity index (χ2n) is 15.7. The molecule has 0 N–H and O–H groups in total. The van der Waals surface area contributed by atoms with Crippen molar-refractivity contribution in [3.05, 3.63) is 165 Å². The molecule has 0 radical (unpaired) electrons. The van der Waals surface area contributed by atoms with Crippen LogP contribution in [0.2, 0.25) is 0 Å². The fourth-order valence-corrected chi connectivity index (χ4v) is 8.62. The fourth-order valence-electron chi connectivity index (χ4n) is 8.62. The van der Waals surface area contributed by atoms with Gasteiger partial charge in [0.05, 0.1) is 67.0 Å². The third-order valence-electron chi connectivity index (χ3n) is 11.9. The predicted octanol–water partition coefficient (Wildman–Crippen LogP) is 8.90. The van der Waals surface area contributed by atoms with E-state index in [1.165, 1.54) is 73.8 Å². The number of hydrogen-bond acceptors (Lipinski definition) is 9. The van der Waals surface area contributed by atoms with E-state index in [2.05, 4.69) is 0 Å². The molecule has 4 aliphatic heterocycles. The van der Waals surface area contributed by atoms with Gasteiger partial charge in [-0.15, -0.1) is 0 Å². The van der Waals surface area contributed by atoms with E-state index in [9.17, 15) is 64.7 Å². The predicted molar refractivity (Wildman–Crippen MR) is 222 cm³/mol. The average molecular weight is 915 g/mol. The molecule has 13 nitrogen and oxygen atoms in total. The summed E-state index contributed by atoms with van der Waals surface area (Å²) in [5, 5.41) is 0. The van der Waals surface area contributed by atoms with Crippen LogP contribution in [-0.2, 0) is 12.4 Å². The summed E-state index contributed by atoms with van der Waals surface area (Å²) >= 11 is 0. The normalized spacial score (nSPS) is 15.6. The Kier molecular flexibility index (Phi) is 9.06. The van der Waals surface area contributed by atoms with Crippen molar-refractivity contribution in [2.45, 2.75) is 12.4 Å². The Bertz CT molecular complexity index is 3350. The van der Waals surface area contributed by atoms with Crippen molar-refractivity contribution >= 4 is 58.6 Å². The number of benzene rings is 6. The molecule has 0 atom stereocenters. The van der Waals surface area contributed by atoms with Crippen LogP contribution < -0.4 is 14.5 Å². The van der Waals surface area contributed by atoms with Gasteiger partial charge in [0, 0.05) is 14.1 Å². The Morgan fingerprint density at radius 1 is 0.373 bits per heavy atom. The molecule has 0 aliphatic carbocycles. The van der Waals surface area contributed by atoms with Crippen LogP contribution in [0.5, 0.6) is 11.5 Å². The number of imide groups is 4. The van der Waals surface area contributed by atoms with Crippen molar-refractivity contribution in [3.8, 4) is 33.8 Å². The highest BCUT2D eigenvalue weighted by atomic mass is 19.4. The number of ether oxygens (including phenoxy) is 1. The summed E-state index contributed by atoms with van der Waals surface area (Å²) in [6.45, 7) is 0. The molecule has 10 rings (SSSR count). The van der Waals surface area contributed by atoms with Gasteiger partial charge in [0.2, 0.25) is 0 Å². The minimum atomic E-state index is -5.35. The van der Waals surface area contributed by atoms with Crippen molar-refractivity contribution in [3.63, 3.8) is 0 Å². The number of carbonyl (C=O) groups excluding carboxylic acids is 8. The van der Waals surface area contributed by atoms with Gasteiger partial charge in [-0.1, -0.05) is 18.2 Å². The van der Waals surface area contributed by atoms with Crippen molar-refractivity contribution in [1.29, 1.82) is 0 Å². The second kappa shape index (κ2) is 14.4. The van der Waals surface area contributed by atoms with Gasteiger partial charge in [0.25, 0.3) is 47.3 Å². The van der Waals surface area contributed by atoms with Crippen molar-refractivity contribution in [1.82, 2.24) is 9.80 Å². The highest BCUT2D eigenvalue weighted by molar-refractivity contribution is 6.36. The minimum absolute atomic E-state index is 0.107. The maximum atomic E-state index is 14.6. The first-order chi connectivity index (χ1) is 31.6. The number of hydrogen-bond donors (Lipinski definition) is 0. The summed E-state index contributed by atoms with van der Waals surface area (Å²) in [6.07, 6.45) is -10.7. The summed E-state index contributed by atoms with van der Waals surface area (Å²) in [5.41, 5.74) is -6.98. The van der Waals surface area contributed by atoms with E-state index >= 15 is 0 Å². The lowest BCUT2D eigenvalue weighted by Crippen LogP contribution is -2.29. The number of carbonyl (C=O) groups is 8. The Labute approximate surface area is 372 Å². The van der Waals surface area contributed by atoms with Crippen LogP contribution in [-0.4, -0.2) is 71.2 Å². The molecule has 19 heteroatoms. The SMILES string of the molecule is CN1C(=O)c2ccc(-c3ccc4c(c3)C(=O)N(c3ccc(Oc5ccc(N6C(=O)c7cc(-c8ccc9c(c8C(F)(F)F)C(=O)N(C)C9=O)cc(C(F)(F)F)c7C6=O)cc5)cc3)C4=O)cc2C1=O. The van der Waals surface area contributed by atoms with E-state index in [1.54, 1.807) is 18.2 Å². The van der Waals surface area contributed by atoms with Crippen LogP contribution in [0.25, 0.3) is 22.3 Å². The lowest BCUT2D eigenvalue weighted by atomic mass is 9.89. The first-order valence-corrected chi connectivity index (χ1v) is 19.7. The molecular formula is C48H24F6N4O9. The summed E-state index contributed by atoms with van der Waals surface area (Å²) < 4.78 is 93.5. The summed E-state index contributed by atoms with van der Waals surface area (Å²) in [7, 11) is 2.32. The molecule has 0 fully saturated rings. The number of halogens is 6. The zero-order chi connectivity index (χ0) is 47.8. The van der Waals surface area contributed by atoms with Gasteiger partial charge in [0.1, 0.15) is 11.5 Å². The molecule has 6 aromatic carbocycles. The van der Waals surface area contributed by atoms with E-state index in [1.807, 2.05) is 0 Å². The minimum Gasteiger partial charge on any atom is -0.457 e. The summed E-state index contributed by atoms with van der Waals surface area (Å²) in [6, 6.07) is 22.6. The first kappa shape index (κ1) is 42.2. The van der Waals surface area contributed by atoms with Crippen LogP contribution >= 0.6 is 0 Å². The molecule has 0 unspecified atom stereocenters. The Morgan fingerprint density at radius 2 is 0.791 bits per heavy atom. The monoisotopic (exact) mass is 914 g/mol. The fraction of sp³-hybridized carbons (Fsp3) is 0.0833. The van der Waals surface area contributed by atoms with Crippen LogP contribution in [0, 0.1) is 0 Å². The van der Waals surface area contributed by atoms with Crippen molar-refractivity contribution in [2.24, 2.45) is 0 Å². The number of fused-ring (bicyclic) bond motifs is 4. The van der Waals surface area contributed by atoms with Crippen molar-refractivity contribution in [2.75, 3.05) is 23.9 Å². The highest BCUT2D eigenvalue weighted by Gasteiger charge is 2.49. The van der Waals surface area contributed by atoms with Gasteiger partial charge in [-0.2, -0.15) is 26.3 Å². The molecule has 4 aliphatic rings. The average Bonchev–Trinajstić information content (AvgIpc) is 3.88. The molecule has 4 heterocycles. The maximum absolute atomic E-state index is 14.6. The second-order valence-corrected chi connectivity index (χ2v) is 15.7. The number of anilines is 2. The molecular weight excluding hydrogens is 891 g/mol. The van der Waals surface area contributed by atoms with Crippen LogP contribution in [0.3, 0.4) is 0 Å². The van der Waals surface area contributed by atoms with Gasteiger partial charge in [0.15, 0.2) is 0 Å². The highest BCUT2D eigenvalue weighted by Crippen LogP contribution is 2.47. The third-order valence-corrected chi connectivity index (χ3v) is 11.9. The largest absolute Gasteiger partial charge is 0.457 e. The quantitative estimate of drug-likeness (QED) is 0.118. The number of amides is 8. The Balaban J connectivity index is 0.882. The van der Waals surface area contributed by atoms with E-state index in [-0.39, 0.29) is 51.2 Å². The number of rotatable bonds is 6. The lowest BCUT2D eigenvalue weighted by molar-refractivity contribution is -0.138. The first-order valence-electron chi connectivity index (χ1n) is 19.7. The molecule has 332 valence electrons. The lowest BCUT2D eigenvalue weighted by Gasteiger charge is -2.18. The van der Waals surface area contributed by atoms with E-state index in [0.29, 0.717) is 27.0 Å². The molecule has 67 heavy (non-hydrogen) atoms. The molecule has 6 aromatic rings. The molecule has 8 amide bonds. The van der Waals surface area contributed by atoms with Gasteiger partial charge in [-0.05, 0) is 113 Å². The van der Waals surface area contributed by atoms with E-state index in [4.69, 9.17) is 4.74 Å². The topological polar surface area (TPSA) is 159 Å². The standard InChI is InChI=1S/C48H24F6N4O9/c1-55-39(59)29-13-3-21(17-32(29)41(55)61)22-4-14-30-33(18-22)43(63)57(42(30)62)24-5-9-26(10-6-24)67-27-11-7-25(8-12-27)58-44(64)34-19-23(20-35(47(49,50)51)36(34)46(58)66)28-15-16-31-37(38(28)48(52,53)54)45(65)56(2)40(31)60/h3-20H,1-2H3. The van der Waals surface area contributed by atoms with Crippen LogP contribution in [0.4, 0.5) is 37.7 Å². The van der Waals surface area contributed by atoms with Gasteiger partial charge in [-0.3, -0.25) is 48.2 Å². The zero-order valence-electron chi connectivity index (χ0n) is 34.1. The Morgan fingerprint density at radius 3 is 1.34 bits per heavy atom. The van der Waals surface area contributed by atoms with E-state index in [0.717, 1.165) is 29.0 Å². The molecule has 0 spiro atoms.